The van der Waals surface area contributed by atoms with Crippen LogP contribution in [0, 0.1) is 31.6 Å². The van der Waals surface area contributed by atoms with E-state index < -0.39 is 0 Å². The predicted molar refractivity (Wildman–Crippen MR) is 76.6 cm³/mol. The highest BCUT2D eigenvalue weighted by atomic mass is 14.9. The minimum absolute atomic E-state index is 0.968. The first kappa shape index (κ1) is 12.2. The molecule has 2 saturated carbocycles. The van der Waals surface area contributed by atoms with E-state index in [0.29, 0.717) is 0 Å². The first-order valence-electron chi connectivity index (χ1n) is 7.49. The largest absolute Gasteiger partial charge is 0.312 e. The van der Waals surface area contributed by atoms with E-state index in [9.17, 15) is 0 Å². The van der Waals surface area contributed by atoms with Gasteiger partial charge in [0, 0.05) is 6.54 Å². The quantitative estimate of drug-likeness (QED) is 0.847. The molecule has 3 atom stereocenters. The highest BCUT2D eigenvalue weighted by Crippen LogP contribution is 2.47. The zero-order valence-electron chi connectivity index (χ0n) is 11.7. The fourth-order valence-corrected chi connectivity index (χ4v) is 3.94. The van der Waals surface area contributed by atoms with Crippen LogP contribution in [0.25, 0.3) is 0 Å². The molecule has 98 valence electrons. The molecular weight excluding hydrogens is 218 g/mol. The summed E-state index contributed by atoms with van der Waals surface area (Å²) in [5.41, 5.74) is 4.24. The molecule has 0 spiro atoms. The van der Waals surface area contributed by atoms with Crippen molar-refractivity contribution in [1.82, 2.24) is 5.32 Å². The lowest BCUT2D eigenvalue weighted by Crippen LogP contribution is -2.26. The van der Waals surface area contributed by atoms with Crippen molar-refractivity contribution >= 4 is 0 Å². The van der Waals surface area contributed by atoms with E-state index in [1.54, 1.807) is 0 Å². The standard InChI is InChI=1S/C17H25N/c1-12-3-4-15(7-13(12)2)10-18-11-17-9-14-5-6-16(17)8-14/h3-4,7,14,16-18H,5-6,8-11H2,1-2H3. The SMILES string of the molecule is Cc1ccc(CNCC2CC3CCC2C3)cc1C. The third-order valence-electron chi connectivity index (χ3n) is 5.19. The second-order valence-corrected chi connectivity index (χ2v) is 6.48. The number of hydrogen-bond acceptors (Lipinski definition) is 1. The van der Waals surface area contributed by atoms with Crippen molar-refractivity contribution < 1.29 is 0 Å². The van der Waals surface area contributed by atoms with Gasteiger partial charge in [-0.1, -0.05) is 24.6 Å². The maximum absolute atomic E-state index is 3.68. The Morgan fingerprint density at radius 1 is 1.11 bits per heavy atom. The van der Waals surface area contributed by atoms with Gasteiger partial charge in [0.25, 0.3) is 0 Å². The van der Waals surface area contributed by atoms with Gasteiger partial charge in [0.1, 0.15) is 0 Å². The molecule has 2 fully saturated rings. The van der Waals surface area contributed by atoms with Crippen LogP contribution in [0.15, 0.2) is 18.2 Å². The van der Waals surface area contributed by atoms with E-state index in [-0.39, 0.29) is 0 Å². The van der Waals surface area contributed by atoms with Gasteiger partial charge in [-0.25, -0.2) is 0 Å². The van der Waals surface area contributed by atoms with E-state index in [1.165, 1.54) is 48.9 Å². The molecule has 0 aliphatic heterocycles. The number of benzene rings is 1. The van der Waals surface area contributed by atoms with Gasteiger partial charge in [-0.3, -0.25) is 0 Å². The number of nitrogens with one attached hydrogen (secondary N) is 1. The number of rotatable bonds is 4. The number of hydrogen-bond donors (Lipinski definition) is 1. The Bertz CT molecular complexity index is 424. The van der Waals surface area contributed by atoms with Gasteiger partial charge in [-0.15, -0.1) is 0 Å². The van der Waals surface area contributed by atoms with Crippen LogP contribution in [0.4, 0.5) is 0 Å². The molecule has 3 rings (SSSR count). The zero-order valence-corrected chi connectivity index (χ0v) is 11.7. The molecule has 3 unspecified atom stereocenters. The molecule has 1 N–H and O–H groups in total. The van der Waals surface area contributed by atoms with Crippen LogP contribution in [0.2, 0.25) is 0 Å². The maximum atomic E-state index is 3.68. The van der Waals surface area contributed by atoms with Crippen molar-refractivity contribution in [2.24, 2.45) is 17.8 Å². The van der Waals surface area contributed by atoms with Crippen LogP contribution in [0.3, 0.4) is 0 Å². The third kappa shape index (κ3) is 2.47. The Balaban J connectivity index is 1.48. The monoisotopic (exact) mass is 243 g/mol. The molecule has 1 aromatic rings. The summed E-state index contributed by atoms with van der Waals surface area (Å²) in [6.07, 6.45) is 6.03. The smallest absolute Gasteiger partial charge is 0.0205 e. The maximum Gasteiger partial charge on any atom is 0.0205 e. The summed E-state index contributed by atoms with van der Waals surface area (Å²) >= 11 is 0. The number of fused-ring (bicyclic) bond motifs is 2. The van der Waals surface area contributed by atoms with Crippen LogP contribution in [0.1, 0.15) is 42.4 Å². The van der Waals surface area contributed by atoms with Crippen LogP contribution < -0.4 is 5.32 Å². The van der Waals surface area contributed by atoms with Gasteiger partial charge >= 0.3 is 0 Å². The Morgan fingerprint density at radius 3 is 2.67 bits per heavy atom. The molecule has 0 amide bonds. The van der Waals surface area contributed by atoms with Crippen molar-refractivity contribution in [1.29, 1.82) is 0 Å². The molecule has 2 aliphatic rings. The number of aryl methyl sites for hydroxylation is 2. The van der Waals surface area contributed by atoms with Gasteiger partial charge < -0.3 is 5.32 Å². The van der Waals surface area contributed by atoms with E-state index in [2.05, 4.69) is 37.4 Å². The van der Waals surface area contributed by atoms with Gasteiger partial charge in [0.15, 0.2) is 0 Å². The molecule has 2 aliphatic carbocycles. The summed E-state index contributed by atoms with van der Waals surface area (Å²) in [5.74, 6) is 3.08. The Hall–Kier alpha value is -0.820. The van der Waals surface area contributed by atoms with Gasteiger partial charge in [-0.2, -0.15) is 0 Å². The molecule has 1 nitrogen and oxygen atoms in total. The van der Waals surface area contributed by atoms with Gasteiger partial charge in [-0.05, 0) is 74.1 Å². The highest BCUT2D eigenvalue weighted by molar-refractivity contribution is 5.29. The molecule has 0 radical (unpaired) electrons. The van der Waals surface area contributed by atoms with Crippen LogP contribution >= 0.6 is 0 Å². The summed E-state index contributed by atoms with van der Waals surface area (Å²) < 4.78 is 0. The van der Waals surface area contributed by atoms with Crippen LogP contribution in [-0.2, 0) is 6.54 Å². The minimum atomic E-state index is 0.968. The van der Waals surface area contributed by atoms with E-state index in [1.807, 2.05) is 0 Å². The zero-order chi connectivity index (χ0) is 12.5. The average Bonchev–Trinajstić information content (AvgIpc) is 2.96. The van der Waals surface area contributed by atoms with Crippen molar-refractivity contribution in [3.05, 3.63) is 34.9 Å². The summed E-state index contributed by atoms with van der Waals surface area (Å²) in [6.45, 7) is 6.65. The van der Waals surface area contributed by atoms with Crippen molar-refractivity contribution in [3.63, 3.8) is 0 Å². The highest BCUT2D eigenvalue weighted by Gasteiger charge is 2.38. The van der Waals surface area contributed by atoms with Crippen LogP contribution in [0.5, 0.6) is 0 Å². The first-order chi connectivity index (χ1) is 8.72. The van der Waals surface area contributed by atoms with Crippen LogP contribution in [-0.4, -0.2) is 6.54 Å². The summed E-state index contributed by atoms with van der Waals surface area (Å²) in [7, 11) is 0. The predicted octanol–water partition coefficient (Wildman–Crippen LogP) is 3.83. The van der Waals surface area contributed by atoms with E-state index in [4.69, 9.17) is 0 Å². The second kappa shape index (κ2) is 5.05. The Morgan fingerprint density at radius 2 is 2.00 bits per heavy atom. The summed E-state index contributed by atoms with van der Waals surface area (Å²) in [6, 6.07) is 6.82. The van der Waals surface area contributed by atoms with Crippen molar-refractivity contribution in [3.8, 4) is 0 Å². The molecule has 2 bridgehead atoms. The molecule has 0 saturated heterocycles. The Labute approximate surface area is 111 Å². The molecule has 0 aromatic heterocycles. The molecule has 0 heterocycles. The third-order valence-corrected chi connectivity index (χ3v) is 5.19. The lowest BCUT2D eigenvalue weighted by Gasteiger charge is -2.22. The lowest BCUT2D eigenvalue weighted by atomic mass is 9.89. The topological polar surface area (TPSA) is 12.0 Å². The normalized spacial score (nSPS) is 30.0. The van der Waals surface area contributed by atoms with Gasteiger partial charge in [0.2, 0.25) is 0 Å². The van der Waals surface area contributed by atoms with Gasteiger partial charge in [0.05, 0.1) is 0 Å². The molecule has 18 heavy (non-hydrogen) atoms. The first-order valence-corrected chi connectivity index (χ1v) is 7.49. The second-order valence-electron chi connectivity index (χ2n) is 6.48. The van der Waals surface area contributed by atoms with Crippen molar-refractivity contribution in [2.75, 3.05) is 6.54 Å². The molecule has 1 heteroatoms. The average molecular weight is 243 g/mol. The fraction of sp³-hybridized carbons (Fsp3) is 0.647. The van der Waals surface area contributed by atoms with E-state index in [0.717, 1.165) is 24.3 Å². The van der Waals surface area contributed by atoms with Crippen molar-refractivity contribution in [2.45, 2.75) is 46.1 Å². The van der Waals surface area contributed by atoms with E-state index >= 15 is 0 Å². The summed E-state index contributed by atoms with van der Waals surface area (Å²) in [5, 5.41) is 3.68. The fourth-order valence-electron chi connectivity index (χ4n) is 3.94. The summed E-state index contributed by atoms with van der Waals surface area (Å²) in [4.78, 5) is 0. The lowest BCUT2D eigenvalue weighted by molar-refractivity contribution is 0.318. The molecular formula is C17H25N. The Kier molecular flexibility index (Phi) is 3.43. The minimum Gasteiger partial charge on any atom is -0.312 e. The molecule has 1 aromatic carbocycles.